The molecule has 0 N–H and O–H groups in total. The van der Waals surface area contributed by atoms with Crippen LogP contribution in [-0.2, 0) is 11.2 Å². The second-order valence-electron chi connectivity index (χ2n) is 3.81. The van der Waals surface area contributed by atoms with Gasteiger partial charge >= 0.3 is 6.18 Å². The van der Waals surface area contributed by atoms with Gasteiger partial charge in [-0.3, -0.25) is 4.79 Å². The minimum Gasteiger partial charge on any atom is -0.299 e. The van der Waals surface area contributed by atoms with Gasteiger partial charge in [0, 0.05) is 24.3 Å². The van der Waals surface area contributed by atoms with Crippen molar-refractivity contribution in [1.29, 1.82) is 0 Å². The van der Waals surface area contributed by atoms with Crippen molar-refractivity contribution in [3.63, 3.8) is 0 Å². The fourth-order valence-corrected chi connectivity index (χ4v) is 1.53. The van der Waals surface area contributed by atoms with Crippen LogP contribution in [0, 0.1) is 0 Å². The highest BCUT2D eigenvalue weighted by molar-refractivity contribution is 6.30. The molecule has 1 nitrogen and oxygen atoms in total. The molecule has 1 aromatic rings. The van der Waals surface area contributed by atoms with Crippen LogP contribution in [-0.4, -0.2) is 12.0 Å². The molecule has 1 aromatic carbocycles. The summed E-state index contributed by atoms with van der Waals surface area (Å²) in [6, 6.07) is 6.70. The van der Waals surface area contributed by atoms with E-state index in [0.717, 1.165) is 5.56 Å². The number of Topliss-reactive ketones (excluding diaryl/α,β-unsaturated/α-hetero) is 1. The lowest BCUT2D eigenvalue weighted by Crippen LogP contribution is -2.09. The van der Waals surface area contributed by atoms with Crippen molar-refractivity contribution in [3.8, 4) is 0 Å². The lowest BCUT2D eigenvalue weighted by atomic mass is 10.0. The Bertz CT molecular complexity index is 370. The summed E-state index contributed by atoms with van der Waals surface area (Å²) in [5.41, 5.74) is 0.770. The van der Waals surface area contributed by atoms with Gasteiger partial charge in [0.1, 0.15) is 5.78 Å². The average molecular weight is 265 g/mol. The van der Waals surface area contributed by atoms with Gasteiger partial charge in [-0.2, -0.15) is 13.2 Å². The predicted molar refractivity (Wildman–Crippen MR) is 60.1 cm³/mol. The first-order valence-electron chi connectivity index (χ1n) is 5.20. The van der Waals surface area contributed by atoms with Crippen molar-refractivity contribution in [1.82, 2.24) is 0 Å². The monoisotopic (exact) mass is 264 g/mol. The molecule has 0 saturated carbocycles. The van der Waals surface area contributed by atoms with Crippen molar-refractivity contribution in [2.75, 3.05) is 0 Å². The van der Waals surface area contributed by atoms with Crippen LogP contribution in [0.1, 0.15) is 24.8 Å². The van der Waals surface area contributed by atoms with Crippen molar-refractivity contribution in [2.45, 2.75) is 31.9 Å². The Morgan fingerprint density at radius 3 is 2.29 bits per heavy atom. The normalized spacial score (nSPS) is 11.5. The molecule has 0 atom stereocenters. The first-order valence-corrected chi connectivity index (χ1v) is 5.57. The highest BCUT2D eigenvalue weighted by Gasteiger charge is 2.26. The van der Waals surface area contributed by atoms with Crippen LogP contribution < -0.4 is 0 Å². The van der Waals surface area contributed by atoms with Crippen LogP contribution in [0.25, 0.3) is 0 Å². The number of ketones is 1. The van der Waals surface area contributed by atoms with Crippen molar-refractivity contribution < 1.29 is 18.0 Å². The number of carbonyl (C=O) groups is 1. The van der Waals surface area contributed by atoms with Gasteiger partial charge < -0.3 is 0 Å². The van der Waals surface area contributed by atoms with Crippen LogP contribution in [0.4, 0.5) is 13.2 Å². The fraction of sp³-hybridized carbons (Fsp3) is 0.417. The lowest BCUT2D eigenvalue weighted by molar-refractivity contribution is -0.137. The molecule has 17 heavy (non-hydrogen) atoms. The summed E-state index contributed by atoms with van der Waals surface area (Å²) in [6.45, 7) is 0. The molecule has 0 radical (unpaired) electrons. The van der Waals surface area contributed by atoms with Gasteiger partial charge in [-0.1, -0.05) is 23.7 Å². The number of benzene rings is 1. The Morgan fingerprint density at radius 2 is 1.76 bits per heavy atom. The zero-order chi connectivity index (χ0) is 12.9. The summed E-state index contributed by atoms with van der Waals surface area (Å²) in [6.07, 6.45) is -5.10. The Labute approximate surface area is 103 Å². The Hall–Kier alpha value is -1.03. The third kappa shape index (κ3) is 6.31. The standard InChI is InChI=1S/C12H12ClF3O/c13-10-5-3-9(4-6-10)8-11(17)2-1-7-12(14,15)16/h3-6H,1-2,7-8H2. The molecule has 94 valence electrons. The third-order valence-electron chi connectivity index (χ3n) is 2.23. The smallest absolute Gasteiger partial charge is 0.299 e. The SMILES string of the molecule is O=C(CCCC(F)(F)F)Cc1ccc(Cl)cc1. The summed E-state index contributed by atoms with van der Waals surface area (Å²) in [4.78, 5) is 11.4. The first kappa shape index (κ1) is 14.0. The molecule has 0 aliphatic heterocycles. The third-order valence-corrected chi connectivity index (χ3v) is 2.48. The van der Waals surface area contributed by atoms with Crippen LogP contribution >= 0.6 is 11.6 Å². The van der Waals surface area contributed by atoms with Gasteiger partial charge in [0.25, 0.3) is 0 Å². The maximum atomic E-state index is 11.9. The minimum absolute atomic E-state index is 0.0395. The molecule has 0 fully saturated rings. The van der Waals surface area contributed by atoms with E-state index in [1.807, 2.05) is 0 Å². The van der Waals surface area contributed by atoms with E-state index in [2.05, 4.69) is 0 Å². The summed E-state index contributed by atoms with van der Waals surface area (Å²) < 4.78 is 35.6. The van der Waals surface area contributed by atoms with Crippen LogP contribution in [0.2, 0.25) is 5.02 Å². The van der Waals surface area contributed by atoms with E-state index in [0.29, 0.717) is 5.02 Å². The Morgan fingerprint density at radius 1 is 1.18 bits per heavy atom. The van der Waals surface area contributed by atoms with E-state index in [-0.39, 0.29) is 25.0 Å². The van der Waals surface area contributed by atoms with E-state index in [1.165, 1.54) is 0 Å². The first-order chi connectivity index (χ1) is 7.87. The quantitative estimate of drug-likeness (QED) is 0.779. The second-order valence-corrected chi connectivity index (χ2v) is 4.25. The van der Waals surface area contributed by atoms with E-state index in [9.17, 15) is 18.0 Å². The van der Waals surface area contributed by atoms with Gasteiger partial charge in [0.15, 0.2) is 0 Å². The number of alkyl halides is 3. The van der Waals surface area contributed by atoms with Crippen LogP contribution in [0.15, 0.2) is 24.3 Å². The molecule has 1 rings (SSSR count). The molecule has 0 spiro atoms. The summed E-state index contributed by atoms with van der Waals surface area (Å²) >= 11 is 5.67. The molecule has 0 aliphatic rings. The van der Waals surface area contributed by atoms with Gasteiger partial charge in [-0.25, -0.2) is 0 Å². The number of rotatable bonds is 5. The van der Waals surface area contributed by atoms with Crippen molar-refractivity contribution in [3.05, 3.63) is 34.9 Å². The highest BCUT2D eigenvalue weighted by Crippen LogP contribution is 2.22. The number of hydrogen-bond acceptors (Lipinski definition) is 1. The largest absolute Gasteiger partial charge is 0.389 e. The van der Waals surface area contributed by atoms with E-state index in [4.69, 9.17) is 11.6 Å². The predicted octanol–water partition coefficient (Wildman–Crippen LogP) is 4.18. The average Bonchev–Trinajstić information content (AvgIpc) is 2.19. The van der Waals surface area contributed by atoms with Crippen molar-refractivity contribution in [2.24, 2.45) is 0 Å². The lowest BCUT2D eigenvalue weighted by Gasteiger charge is -2.05. The molecule has 0 heterocycles. The molecule has 0 saturated heterocycles. The summed E-state index contributed by atoms with van der Waals surface area (Å²) in [7, 11) is 0. The molecule has 5 heteroatoms. The molecular weight excluding hydrogens is 253 g/mol. The number of halogens is 4. The van der Waals surface area contributed by atoms with Crippen molar-refractivity contribution >= 4 is 17.4 Å². The highest BCUT2D eigenvalue weighted by atomic mass is 35.5. The van der Waals surface area contributed by atoms with E-state index < -0.39 is 12.6 Å². The summed E-state index contributed by atoms with van der Waals surface area (Å²) in [5.74, 6) is -0.184. The molecule has 0 amide bonds. The van der Waals surface area contributed by atoms with Gasteiger partial charge in [-0.15, -0.1) is 0 Å². The summed E-state index contributed by atoms with van der Waals surface area (Å²) in [5, 5.41) is 0.568. The molecule has 0 aromatic heterocycles. The van der Waals surface area contributed by atoms with E-state index in [1.54, 1.807) is 24.3 Å². The number of hydrogen-bond donors (Lipinski definition) is 0. The van der Waals surface area contributed by atoms with Gasteiger partial charge in [-0.05, 0) is 24.1 Å². The fourth-order valence-electron chi connectivity index (χ4n) is 1.40. The Kier molecular flexibility index (Phi) is 5.00. The van der Waals surface area contributed by atoms with Crippen LogP contribution in [0.5, 0.6) is 0 Å². The molecule has 0 bridgehead atoms. The maximum absolute atomic E-state index is 11.9. The zero-order valence-corrected chi connectivity index (χ0v) is 9.81. The molecule has 0 unspecified atom stereocenters. The maximum Gasteiger partial charge on any atom is 0.389 e. The minimum atomic E-state index is -4.18. The molecular formula is C12H12ClF3O. The zero-order valence-electron chi connectivity index (χ0n) is 9.06. The van der Waals surface area contributed by atoms with Gasteiger partial charge in [0.2, 0.25) is 0 Å². The van der Waals surface area contributed by atoms with Gasteiger partial charge in [0.05, 0.1) is 0 Å². The van der Waals surface area contributed by atoms with E-state index >= 15 is 0 Å². The van der Waals surface area contributed by atoms with Crippen LogP contribution in [0.3, 0.4) is 0 Å². The topological polar surface area (TPSA) is 17.1 Å². The number of carbonyl (C=O) groups excluding carboxylic acids is 1. The Balaban J connectivity index is 2.32. The second kappa shape index (κ2) is 6.05. The molecule has 0 aliphatic carbocycles.